The molecule has 0 spiro atoms. The number of phosphoric acid groups is 1. The maximum atomic E-state index is 13.0. The molecule has 0 saturated carbocycles. The van der Waals surface area contributed by atoms with Crippen LogP contribution < -0.4 is 5.32 Å². The Bertz CT molecular complexity index is 1310. The van der Waals surface area contributed by atoms with Crippen molar-refractivity contribution >= 4 is 13.7 Å². The van der Waals surface area contributed by atoms with Gasteiger partial charge in [0.2, 0.25) is 5.91 Å². The van der Waals surface area contributed by atoms with Gasteiger partial charge < -0.3 is 19.8 Å². The van der Waals surface area contributed by atoms with E-state index in [1.54, 1.807) is 0 Å². The normalized spacial score (nSPS) is 14.2. The van der Waals surface area contributed by atoms with Crippen molar-refractivity contribution in [1.82, 2.24) is 5.32 Å². The molecule has 0 aromatic heterocycles. The quantitative estimate of drug-likeness (QED) is 0.0243. The van der Waals surface area contributed by atoms with Crippen LogP contribution in [0.5, 0.6) is 0 Å². The molecule has 3 atom stereocenters. The van der Waals surface area contributed by atoms with E-state index in [0.717, 1.165) is 64.2 Å². The molecule has 9 heteroatoms. The Morgan fingerprint density at radius 2 is 0.833 bits per heavy atom. The summed E-state index contributed by atoms with van der Waals surface area (Å²) in [4.78, 5) is 23.3. The maximum Gasteiger partial charge on any atom is 0.472 e. The number of likely N-dealkylation sites (N-methyl/N-ethyl adjacent to an activating group) is 1. The summed E-state index contributed by atoms with van der Waals surface area (Å²) in [5, 5.41) is 14.0. The number of nitrogens with one attached hydrogen (secondary N) is 1. The molecule has 8 nitrogen and oxygen atoms in total. The van der Waals surface area contributed by atoms with Crippen LogP contribution in [-0.4, -0.2) is 73.4 Å². The SMILES string of the molecule is CC/C=C\C/C=C\C/C=C\C/C=C\CCCCCCCCCCCCCCCCCCCCCCCCCCCCC(=O)NC(COP(=O)(O)OCC[N+](C)(C)C)C(O)CCCCCCCCCCCCC. The third-order valence-electron chi connectivity index (χ3n) is 14.1. The number of hydrogen-bond donors (Lipinski definition) is 3. The standard InChI is InChI=1S/C63H121N2O6P/c1-6-8-10-12-14-16-18-19-20-21-22-23-24-25-26-27-28-29-30-31-32-33-34-35-36-37-38-39-40-41-42-43-44-45-47-49-51-53-55-57-63(67)64-61(60-71-72(68,69)70-59-58-65(3,4)5)62(66)56-54-52-50-48-46-17-15-13-11-9-7-2/h8,10,14,16,19-20,22-23,61-62,66H,6-7,9,11-13,15,17-18,21,24-60H2,1-5H3,(H-,64,67,68,69)/p+1/b10-8-,16-14-,20-19-,23-22-. The number of amides is 1. The second-order valence-electron chi connectivity index (χ2n) is 22.4. The van der Waals surface area contributed by atoms with E-state index < -0.39 is 20.0 Å². The van der Waals surface area contributed by atoms with Crippen molar-refractivity contribution in [2.45, 2.75) is 309 Å². The summed E-state index contributed by atoms with van der Waals surface area (Å²) < 4.78 is 23.7. The van der Waals surface area contributed by atoms with Gasteiger partial charge in [0.1, 0.15) is 13.2 Å². The van der Waals surface area contributed by atoms with Gasteiger partial charge in [-0.1, -0.05) is 287 Å². The molecule has 0 aliphatic rings. The van der Waals surface area contributed by atoms with Crippen LogP contribution >= 0.6 is 7.82 Å². The van der Waals surface area contributed by atoms with Crippen molar-refractivity contribution in [2.75, 3.05) is 40.9 Å². The zero-order valence-corrected chi connectivity index (χ0v) is 49.3. The van der Waals surface area contributed by atoms with Crippen LogP contribution in [-0.2, 0) is 18.4 Å². The molecule has 0 bridgehead atoms. The van der Waals surface area contributed by atoms with Crippen LogP contribution in [0.1, 0.15) is 296 Å². The Hall–Kier alpha value is -1.54. The van der Waals surface area contributed by atoms with Crippen LogP contribution in [0.15, 0.2) is 48.6 Å². The van der Waals surface area contributed by atoms with Gasteiger partial charge in [0, 0.05) is 6.42 Å². The van der Waals surface area contributed by atoms with Gasteiger partial charge in [-0.25, -0.2) is 4.57 Å². The molecule has 0 heterocycles. The van der Waals surface area contributed by atoms with E-state index in [-0.39, 0.29) is 19.1 Å². The van der Waals surface area contributed by atoms with Crippen molar-refractivity contribution in [1.29, 1.82) is 0 Å². The Labute approximate surface area is 448 Å². The minimum absolute atomic E-state index is 0.0764. The molecule has 0 aromatic carbocycles. The van der Waals surface area contributed by atoms with Crippen molar-refractivity contribution in [2.24, 2.45) is 0 Å². The predicted molar refractivity (Wildman–Crippen MR) is 314 cm³/mol. The second-order valence-corrected chi connectivity index (χ2v) is 23.9. The number of unbranched alkanes of at least 4 members (excludes halogenated alkanes) is 36. The number of rotatable bonds is 57. The molecule has 0 aromatic rings. The highest BCUT2D eigenvalue weighted by Gasteiger charge is 2.28. The van der Waals surface area contributed by atoms with E-state index in [1.165, 1.54) is 205 Å². The second kappa shape index (κ2) is 54.3. The van der Waals surface area contributed by atoms with Gasteiger partial charge in [-0.2, -0.15) is 0 Å². The summed E-state index contributed by atoms with van der Waals surface area (Å²) in [6, 6.07) is -0.757. The topological polar surface area (TPSA) is 105 Å². The highest BCUT2D eigenvalue weighted by molar-refractivity contribution is 7.47. The lowest BCUT2D eigenvalue weighted by molar-refractivity contribution is -0.870. The van der Waals surface area contributed by atoms with Gasteiger partial charge in [-0.05, 0) is 51.4 Å². The molecule has 0 aliphatic carbocycles. The third kappa shape index (κ3) is 56.2. The number of aliphatic hydroxyl groups excluding tert-OH is 1. The van der Waals surface area contributed by atoms with Crippen LogP contribution in [0.25, 0.3) is 0 Å². The Kier molecular flexibility index (Phi) is 53.1. The van der Waals surface area contributed by atoms with E-state index in [1.807, 2.05) is 21.1 Å². The number of aliphatic hydroxyl groups is 1. The molecule has 0 fully saturated rings. The van der Waals surface area contributed by atoms with Gasteiger partial charge >= 0.3 is 7.82 Å². The van der Waals surface area contributed by atoms with Gasteiger partial charge in [0.05, 0.1) is 39.9 Å². The van der Waals surface area contributed by atoms with Gasteiger partial charge in [-0.15, -0.1) is 0 Å². The molecule has 1 amide bonds. The number of hydrogen-bond acceptors (Lipinski definition) is 5. The van der Waals surface area contributed by atoms with Crippen molar-refractivity contribution in [3.63, 3.8) is 0 Å². The zero-order chi connectivity index (χ0) is 52.7. The molecule has 0 saturated heterocycles. The van der Waals surface area contributed by atoms with Crippen LogP contribution in [0.4, 0.5) is 0 Å². The molecule has 3 N–H and O–H groups in total. The monoisotopic (exact) mass is 1030 g/mol. The Morgan fingerprint density at radius 1 is 0.486 bits per heavy atom. The van der Waals surface area contributed by atoms with Crippen molar-refractivity contribution in [3.8, 4) is 0 Å². The Balaban J connectivity index is 3.81. The van der Waals surface area contributed by atoms with Crippen LogP contribution in [0.2, 0.25) is 0 Å². The first-order valence-corrected chi connectivity index (χ1v) is 32.5. The fourth-order valence-electron chi connectivity index (χ4n) is 9.28. The lowest BCUT2D eigenvalue weighted by Gasteiger charge is -2.26. The minimum Gasteiger partial charge on any atom is -0.391 e. The summed E-state index contributed by atoms with van der Waals surface area (Å²) in [5.74, 6) is -0.141. The fraction of sp³-hybridized carbons (Fsp3) is 0.857. The summed E-state index contributed by atoms with van der Waals surface area (Å²) >= 11 is 0. The van der Waals surface area contributed by atoms with Crippen molar-refractivity contribution in [3.05, 3.63) is 48.6 Å². The van der Waals surface area contributed by atoms with E-state index in [0.29, 0.717) is 23.9 Å². The summed E-state index contributed by atoms with van der Waals surface area (Å²) in [5.41, 5.74) is 0. The molecule has 72 heavy (non-hydrogen) atoms. The fourth-order valence-corrected chi connectivity index (χ4v) is 10.0. The summed E-state index contributed by atoms with van der Waals surface area (Å²) in [6.45, 7) is 4.79. The minimum atomic E-state index is -4.32. The average Bonchev–Trinajstić information content (AvgIpc) is 3.34. The first kappa shape index (κ1) is 70.5. The van der Waals surface area contributed by atoms with Crippen LogP contribution in [0.3, 0.4) is 0 Å². The molecule has 0 radical (unpaired) electrons. The van der Waals surface area contributed by atoms with E-state index in [4.69, 9.17) is 9.05 Å². The summed E-state index contributed by atoms with van der Waals surface area (Å²) in [7, 11) is 1.63. The number of carbonyl (C=O) groups excluding carboxylic acids is 1. The van der Waals surface area contributed by atoms with Crippen LogP contribution in [0, 0.1) is 0 Å². The van der Waals surface area contributed by atoms with Gasteiger partial charge in [0.25, 0.3) is 0 Å². The number of allylic oxidation sites excluding steroid dienone is 8. The lowest BCUT2D eigenvalue weighted by atomic mass is 10.0. The Morgan fingerprint density at radius 3 is 1.22 bits per heavy atom. The van der Waals surface area contributed by atoms with Crippen molar-refractivity contribution < 1.29 is 32.9 Å². The average molecular weight is 1030 g/mol. The number of nitrogens with zero attached hydrogens (tertiary/aromatic N) is 1. The van der Waals surface area contributed by atoms with Gasteiger partial charge in [-0.3, -0.25) is 13.8 Å². The third-order valence-corrected chi connectivity index (χ3v) is 15.1. The van der Waals surface area contributed by atoms with E-state index >= 15 is 0 Å². The highest BCUT2D eigenvalue weighted by Crippen LogP contribution is 2.43. The molecule has 3 unspecified atom stereocenters. The highest BCUT2D eigenvalue weighted by atomic mass is 31.2. The smallest absolute Gasteiger partial charge is 0.391 e. The van der Waals surface area contributed by atoms with E-state index in [2.05, 4.69) is 67.8 Å². The first-order chi connectivity index (χ1) is 35.0. The molecular formula is C63H122N2O6P+. The largest absolute Gasteiger partial charge is 0.472 e. The number of carbonyl (C=O) groups is 1. The molecule has 0 rings (SSSR count). The zero-order valence-electron chi connectivity index (χ0n) is 48.4. The van der Waals surface area contributed by atoms with E-state index in [9.17, 15) is 19.4 Å². The van der Waals surface area contributed by atoms with Gasteiger partial charge in [0.15, 0.2) is 0 Å². The first-order valence-electron chi connectivity index (χ1n) is 31.0. The lowest BCUT2D eigenvalue weighted by Crippen LogP contribution is -2.46. The maximum absolute atomic E-state index is 13.0. The predicted octanol–water partition coefficient (Wildman–Crippen LogP) is 19.1. The molecule has 0 aliphatic heterocycles. The molecule has 424 valence electrons. The summed E-state index contributed by atoms with van der Waals surface area (Å²) in [6.07, 6.45) is 72.1. The molecular weight excluding hydrogens is 912 g/mol. The number of quaternary nitrogens is 1. The number of phosphoric ester groups is 1.